The van der Waals surface area contributed by atoms with Crippen LogP contribution in [0.25, 0.3) is 0 Å². The van der Waals surface area contributed by atoms with Crippen molar-refractivity contribution in [3.63, 3.8) is 0 Å². The first kappa shape index (κ1) is 16.2. The number of aromatic amines is 1. The number of benzene rings is 1. The highest BCUT2D eigenvalue weighted by molar-refractivity contribution is 5.78. The number of aromatic nitrogens is 2. The fourth-order valence-electron chi connectivity index (χ4n) is 2.85. The van der Waals surface area contributed by atoms with Crippen molar-refractivity contribution >= 4 is 5.91 Å². The van der Waals surface area contributed by atoms with Crippen molar-refractivity contribution < 1.29 is 13.9 Å². The van der Waals surface area contributed by atoms with E-state index >= 15 is 0 Å². The molecule has 0 aliphatic carbocycles. The fourth-order valence-corrected chi connectivity index (χ4v) is 2.85. The molecular formula is C17H18FN3O3. The number of H-pyrrole nitrogens is 1. The SMILES string of the molecule is O=C(COc1ccc(F)cc1)N1CCC[C@@H](c2ccnc(=O)[nH]2)C1. The van der Waals surface area contributed by atoms with Crippen LogP contribution in [0.3, 0.4) is 0 Å². The van der Waals surface area contributed by atoms with Crippen LogP contribution in [-0.4, -0.2) is 40.5 Å². The second kappa shape index (κ2) is 7.25. The van der Waals surface area contributed by atoms with Crippen LogP contribution in [0.5, 0.6) is 5.75 Å². The lowest BCUT2D eigenvalue weighted by molar-refractivity contribution is -0.134. The van der Waals surface area contributed by atoms with Crippen molar-refractivity contribution in [1.29, 1.82) is 0 Å². The maximum absolute atomic E-state index is 12.8. The Kier molecular flexibility index (Phi) is 4.88. The molecule has 1 aliphatic heterocycles. The third-order valence-electron chi connectivity index (χ3n) is 4.09. The van der Waals surface area contributed by atoms with E-state index in [2.05, 4.69) is 9.97 Å². The summed E-state index contributed by atoms with van der Waals surface area (Å²) in [4.78, 5) is 31.7. The van der Waals surface area contributed by atoms with Crippen molar-refractivity contribution in [2.45, 2.75) is 18.8 Å². The number of rotatable bonds is 4. The molecule has 7 heteroatoms. The molecule has 6 nitrogen and oxygen atoms in total. The minimum absolute atomic E-state index is 0.0872. The van der Waals surface area contributed by atoms with Crippen molar-refractivity contribution in [3.05, 3.63) is 58.5 Å². The highest BCUT2D eigenvalue weighted by Crippen LogP contribution is 2.24. The zero-order chi connectivity index (χ0) is 16.9. The van der Waals surface area contributed by atoms with E-state index in [-0.39, 0.29) is 29.9 Å². The van der Waals surface area contributed by atoms with Crippen molar-refractivity contribution in [2.75, 3.05) is 19.7 Å². The normalized spacial score (nSPS) is 17.5. The largest absolute Gasteiger partial charge is 0.484 e. The highest BCUT2D eigenvalue weighted by atomic mass is 19.1. The molecule has 3 rings (SSSR count). The number of amides is 1. The van der Waals surface area contributed by atoms with E-state index in [1.807, 2.05) is 0 Å². The van der Waals surface area contributed by atoms with Gasteiger partial charge < -0.3 is 14.6 Å². The number of nitrogens with one attached hydrogen (secondary N) is 1. The van der Waals surface area contributed by atoms with Crippen LogP contribution in [0, 0.1) is 5.82 Å². The lowest BCUT2D eigenvalue weighted by atomic mass is 9.94. The summed E-state index contributed by atoms with van der Waals surface area (Å²) < 4.78 is 18.3. The van der Waals surface area contributed by atoms with Gasteiger partial charge in [-0.1, -0.05) is 0 Å². The van der Waals surface area contributed by atoms with E-state index in [0.717, 1.165) is 18.5 Å². The van der Waals surface area contributed by atoms with Crippen molar-refractivity contribution in [2.24, 2.45) is 0 Å². The molecular weight excluding hydrogens is 313 g/mol. The molecule has 0 bridgehead atoms. The standard InChI is InChI=1S/C17H18FN3O3/c18-13-3-5-14(6-4-13)24-11-16(22)21-9-1-2-12(10-21)15-7-8-19-17(23)20-15/h3-8,12H,1-2,9-11H2,(H,19,20,23)/t12-/m1/s1. The summed E-state index contributed by atoms with van der Waals surface area (Å²) in [5.41, 5.74) is 0.419. The third kappa shape index (κ3) is 3.98. The summed E-state index contributed by atoms with van der Waals surface area (Å²) in [6, 6.07) is 7.33. The smallest absolute Gasteiger partial charge is 0.345 e. The zero-order valence-electron chi connectivity index (χ0n) is 13.1. The molecule has 24 heavy (non-hydrogen) atoms. The Balaban J connectivity index is 1.58. The van der Waals surface area contributed by atoms with Crippen LogP contribution in [0.15, 0.2) is 41.3 Å². The Labute approximate surface area is 138 Å². The van der Waals surface area contributed by atoms with Gasteiger partial charge in [0.15, 0.2) is 6.61 Å². The number of carbonyl (C=O) groups is 1. The summed E-state index contributed by atoms with van der Waals surface area (Å²) >= 11 is 0. The van der Waals surface area contributed by atoms with Crippen molar-refractivity contribution in [1.82, 2.24) is 14.9 Å². The van der Waals surface area contributed by atoms with Gasteiger partial charge in [-0.3, -0.25) is 4.79 Å². The van der Waals surface area contributed by atoms with Gasteiger partial charge >= 0.3 is 5.69 Å². The average molecular weight is 331 g/mol. The van der Waals surface area contributed by atoms with E-state index in [1.54, 1.807) is 11.0 Å². The molecule has 1 saturated heterocycles. The molecule has 1 aromatic heterocycles. The molecule has 1 aromatic carbocycles. The molecule has 1 aliphatic rings. The van der Waals surface area contributed by atoms with E-state index in [9.17, 15) is 14.0 Å². The molecule has 1 amide bonds. The lowest BCUT2D eigenvalue weighted by Gasteiger charge is -2.32. The van der Waals surface area contributed by atoms with Gasteiger partial charge in [-0.15, -0.1) is 0 Å². The van der Waals surface area contributed by atoms with Crippen LogP contribution in [0.1, 0.15) is 24.5 Å². The molecule has 0 spiro atoms. The number of likely N-dealkylation sites (tertiary alicyclic amines) is 1. The van der Waals surface area contributed by atoms with E-state index < -0.39 is 0 Å². The maximum Gasteiger partial charge on any atom is 0.345 e. The quantitative estimate of drug-likeness (QED) is 0.925. The number of piperidine rings is 1. The van der Waals surface area contributed by atoms with E-state index in [0.29, 0.717) is 18.8 Å². The summed E-state index contributed by atoms with van der Waals surface area (Å²) in [7, 11) is 0. The minimum atomic E-state index is -0.379. The Morgan fingerprint density at radius 2 is 2.12 bits per heavy atom. The van der Waals surface area contributed by atoms with Crippen LogP contribution < -0.4 is 10.4 Å². The topological polar surface area (TPSA) is 75.3 Å². The van der Waals surface area contributed by atoms with Crippen molar-refractivity contribution in [3.8, 4) is 5.75 Å². The molecule has 2 heterocycles. The van der Waals surface area contributed by atoms with Crippen LogP contribution in [0.2, 0.25) is 0 Å². The first-order valence-electron chi connectivity index (χ1n) is 7.83. The second-order valence-electron chi connectivity index (χ2n) is 5.75. The van der Waals surface area contributed by atoms with Gasteiger partial charge in [0.1, 0.15) is 11.6 Å². The second-order valence-corrected chi connectivity index (χ2v) is 5.75. The number of hydrogen-bond donors (Lipinski definition) is 1. The fraction of sp³-hybridized carbons (Fsp3) is 0.353. The predicted molar refractivity (Wildman–Crippen MR) is 85.3 cm³/mol. The summed E-state index contributed by atoms with van der Waals surface area (Å²) in [5, 5.41) is 0. The Hall–Kier alpha value is -2.70. The summed E-state index contributed by atoms with van der Waals surface area (Å²) in [6.07, 6.45) is 3.24. The molecule has 1 fully saturated rings. The van der Waals surface area contributed by atoms with E-state index in [1.165, 1.54) is 30.5 Å². The van der Waals surface area contributed by atoms with E-state index in [4.69, 9.17) is 4.74 Å². The predicted octanol–water partition coefficient (Wildman–Crippen LogP) is 1.69. The van der Waals surface area contributed by atoms with Gasteiger partial charge in [-0.25, -0.2) is 14.2 Å². The van der Waals surface area contributed by atoms with Gasteiger partial charge in [0.2, 0.25) is 0 Å². The molecule has 1 atom stereocenters. The first-order chi connectivity index (χ1) is 11.6. The van der Waals surface area contributed by atoms with Crippen LogP contribution in [0.4, 0.5) is 4.39 Å². The van der Waals surface area contributed by atoms with Crippen LogP contribution >= 0.6 is 0 Å². The minimum Gasteiger partial charge on any atom is -0.484 e. The Morgan fingerprint density at radius 1 is 1.33 bits per heavy atom. The van der Waals surface area contributed by atoms with Crippen LogP contribution in [-0.2, 0) is 4.79 Å². The Bertz CT molecular complexity index is 760. The number of nitrogens with zero attached hydrogens (tertiary/aromatic N) is 2. The van der Waals surface area contributed by atoms with Gasteiger partial charge in [-0.2, -0.15) is 0 Å². The molecule has 0 saturated carbocycles. The summed E-state index contributed by atoms with van der Waals surface area (Å²) in [6.45, 7) is 1.11. The van der Waals surface area contributed by atoms with Gasteiger partial charge in [0.25, 0.3) is 5.91 Å². The lowest BCUT2D eigenvalue weighted by Crippen LogP contribution is -2.42. The average Bonchev–Trinajstić information content (AvgIpc) is 2.61. The monoisotopic (exact) mass is 331 g/mol. The third-order valence-corrected chi connectivity index (χ3v) is 4.09. The number of ether oxygens (including phenoxy) is 1. The first-order valence-corrected chi connectivity index (χ1v) is 7.83. The number of halogens is 1. The van der Waals surface area contributed by atoms with Gasteiger partial charge in [0.05, 0.1) is 0 Å². The molecule has 2 aromatic rings. The number of hydrogen-bond acceptors (Lipinski definition) is 4. The Morgan fingerprint density at radius 3 is 2.88 bits per heavy atom. The molecule has 1 N–H and O–H groups in total. The van der Waals surface area contributed by atoms with Gasteiger partial charge in [-0.05, 0) is 43.2 Å². The molecule has 126 valence electrons. The zero-order valence-corrected chi connectivity index (χ0v) is 13.1. The molecule has 0 unspecified atom stereocenters. The highest BCUT2D eigenvalue weighted by Gasteiger charge is 2.25. The molecule has 0 radical (unpaired) electrons. The number of carbonyl (C=O) groups excluding carboxylic acids is 1. The summed E-state index contributed by atoms with van der Waals surface area (Å²) in [5.74, 6) is 0.0697. The van der Waals surface area contributed by atoms with Gasteiger partial charge in [0, 0.05) is 30.9 Å². The maximum atomic E-state index is 12.8.